The third-order valence-electron chi connectivity index (χ3n) is 16.2. The number of fused-ring (bicyclic) bond motifs is 18. The van der Waals surface area contributed by atoms with Crippen LogP contribution in [0.25, 0.3) is 93.5 Å². The van der Waals surface area contributed by atoms with Crippen LogP contribution in [0.3, 0.4) is 0 Å². The maximum Gasteiger partial charge on any atom is 0.336 e. The zero-order chi connectivity index (χ0) is 39.9. The molecule has 0 bridgehead atoms. The molecular weight excluding hydrogens is 719 g/mol. The van der Waals surface area contributed by atoms with Crippen molar-refractivity contribution in [2.75, 3.05) is 0 Å². The van der Waals surface area contributed by atoms with Crippen LogP contribution in [0.5, 0.6) is 0 Å². The molecule has 10 aromatic rings. The van der Waals surface area contributed by atoms with Gasteiger partial charge in [0.1, 0.15) is 16.7 Å². The summed E-state index contributed by atoms with van der Waals surface area (Å²) in [5.41, 5.74) is 20.3. The third-order valence-corrected chi connectivity index (χ3v) is 16.2. The van der Waals surface area contributed by atoms with Gasteiger partial charge in [-0.3, -0.25) is 0 Å². The van der Waals surface area contributed by atoms with Gasteiger partial charge in [0.15, 0.2) is 11.3 Å². The van der Waals surface area contributed by atoms with Gasteiger partial charge in [0, 0.05) is 38.3 Å². The van der Waals surface area contributed by atoms with Gasteiger partial charge in [0.25, 0.3) is 0 Å². The van der Waals surface area contributed by atoms with E-state index in [0.717, 1.165) is 22.5 Å². The molecule has 0 spiro atoms. The van der Waals surface area contributed by atoms with Gasteiger partial charge in [-0.1, -0.05) is 110 Å². The van der Waals surface area contributed by atoms with E-state index in [0.29, 0.717) is 0 Å². The van der Waals surface area contributed by atoms with Crippen molar-refractivity contribution in [2.24, 2.45) is 0 Å². The summed E-state index contributed by atoms with van der Waals surface area (Å²) in [5.74, 6) is 0. The number of nitrogens with zero attached hydrogens (tertiary/aromatic N) is 2. The van der Waals surface area contributed by atoms with E-state index >= 15 is 0 Å². The van der Waals surface area contributed by atoms with E-state index in [1.54, 1.807) is 0 Å². The molecule has 0 radical (unpaired) electrons. The van der Waals surface area contributed by atoms with Crippen LogP contribution in [0.1, 0.15) is 103 Å². The summed E-state index contributed by atoms with van der Waals surface area (Å²) in [4.78, 5) is 0. The van der Waals surface area contributed by atoms with Crippen molar-refractivity contribution in [1.82, 2.24) is 9.05 Å². The second-order valence-corrected chi connectivity index (χ2v) is 21.3. The molecule has 14 rings (SSSR count). The van der Waals surface area contributed by atoms with Crippen LogP contribution in [0.2, 0.25) is 0 Å². The van der Waals surface area contributed by atoms with E-state index in [2.05, 4.69) is 155 Å². The van der Waals surface area contributed by atoms with Gasteiger partial charge < -0.3 is 17.9 Å². The highest BCUT2D eigenvalue weighted by atomic mass is 16.3. The molecule has 6 heterocycles. The minimum absolute atomic E-state index is 0.0845. The average Bonchev–Trinajstić information content (AvgIpc) is 3.95. The second-order valence-electron chi connectivity index (χ2n) is 21.3. The zero-order valence-electron chi connectivity index (χ0n) is 35.3. The second kappa shape index (κ2) is 10.0. The van der Waals surface area contributed by atoms with E-state index in [-0.39, 0.29) is 28.5 Å². The molecule has 288 valence electrons. The molecule has 0 N–H and O–H groups in total. The largest absolute Gasteiger partial charge is 0.454 e. The molecule has 5 heteroatoms. The van der Waals surface area contributed by atoms with Gasteiger partial charge in [-0.25, -0.2) is 0 Å². The Labute approximate surface area is 343 Å². The Morgan fingerprint density at radius 3 is 1.83 bits per heavy atom. The lowest BCUT2D eigenvalue weighted by atomic mass is 9.45. The predicted octanol–water partition coefficient (Wildman–Crippen LogP) is 13.2. The van der Waals surface area contributed by atoms with Crippen LogP contribution < -0.4 is 10.9 Å². The van der Waals surface area contributed by atoms with Crippen molar-refractivity contribution in [3.63, 3.8) is 0 Å². The molecule has 59 heavy (non-hydrogen) atoms. The molecule has 0 amide bonds. The van der Waals surface area contributed by atoms with Gasteiger partial charge in [-0.2, -0.15) is 0 Å². The molecule has 4 aromatic heterocycles. The molecule has 4 aliphatic rings. The van der Waals surface area contributed by atoms with Crippen LogP contribution in [0.15, 0.2) is 99.8 Å². The minimum atomic E-state index is -0.0865. The van der Waals surface area contributed by atoms with Crippen LogP contribution in [-0.2, 0) is 21.7 Å². The van der Waals surface area contributed by atoms with E-state index in [1.165, 1.54) is 130 Å². The highest BCUT2D eigenvalue weighted by Crippen LogP contribution is 2.53. The van der Waals surface area contributed by atoms with Crippen molar-refractivity contribution >= 4 is 94.5 Å². The quantitative estimate of drug-likeness (QED) is 0.144. The molecule has 4 nitrogen and oxygen atoms in total. The van der Waals surface area contributed by atoms with Crippen molar-refractivity contribution < 1.29 is 8.83 Å². The first-order chi connectivity index (χ1) is 28.2. The Hall–Kier alpha value is -5.68. The van der Waals surface area contributed by atoms with E-state index < -0.39 is 0 Å². The first-order valence-corrected chi connectivity index (χ1v) is 21.9. The van der Waals surface area contributed by atoms with Gasteiger partial charge in [0.2, 0.25) is 0 Å². The number of hydrogen-bond donors (Lipinski definition) is 0. The smallest absolute Gasteiger partial charge is 0.336 e. The van der Waals surface area contributed by atoms with Crippen molar-refractivity contribution in [3.8, 4) is 16.8 Å². The Morgan fingerprint density at radius 2 is 1.12 bits per heavy atom. The Balaban J connectivity index is 1.16. The summed E-state index contributed by atoms with van der Waals surface area (Å²) >= 11 is 0. The summed E-state index contributed by atoms with van der Waals surface area (Å²) < 4.78 is 19.6. The predicted molar refractivity (Wildman–Crippen MR) is 247 cm³/mol. The Kier molecular flexibility index (Phi) is 5.63. The maximum atomic E-state index is 7.29. The summed E-state index contributed by atoms with van der Waals surface area (Å²) in [6.07, 6.45) is 4.70. The van der Waals surface area contributed by atoms with Crippen molar-refractivity contribution in [2.45, 2.75) is 103 Å². The van der Waals surface area contributed by atoms with E-state index in [9.17, 15) is 0 Å². The van der Waals surface area contributed by atoms with E-state index in [4.69, 9.17) is 8.83 Å². The normalized spacial score (nSPS) is 19.1. The Bertz CT molecular complexity index is 3630. The summed E-state index contributed by atoms with van der Waals surface area (Å²) in [6.45, 7) is 19.2. The fourth-order valence-corrected chi connectivity index (χ4v) is 12.8. The van der Waals surface area contributed by atoms with Crippen LogP contribution in [-0.4, -0.2) is 15.9 Å². The SMILES string of the molecule is CC1(C)CCC(C)(C)c2cc3c(cc21)oc1c3c2cccc3c2n1B1c2c(cc4ccccc4c2-3)-n2c3c1cccc3c1oc3cc4c(cc3c12)C(C)(C)CCC4(C)C. The molecule has 0 saturated heterocycles. The third kappa shape index (κ3) is 3.78. The summed E-state index contributed by atoms with van der Waals surface area (Å²) in [7, 11) is 0. The standard InChI is InChI=1S/C54H47BN2O2/c1-51(2)19-21-53(5,6)37-26-41-33(24-35(37)51)44-31-16-11-15-30-43-29-14-10-9-13-28(29)23-40-45(43)55(57(46(30)31)50(44)59-41)39-18-12-17-32-47(39)56(40)48-34-25-36-38(27-42(34)58-49(32)48)54(7,8)22-20-52(36,3)4/h9-18,23-27H,19-22H2,1-8H3. The minimum Gasteiger partial charge on any atom is -0.454 e. The summed E-state index contributed by atoms with van der Waals surface area (Å²) in [6, 6.07) is 35.2. The fourth-order valence-electron chi connectivity index (χ4n) is 12.8. The highest BCUT2D eigenvalue weighted by Gasteiger charge is 2.45. The van der Waals surface area contributed by atoms with Crippen molar-refractivity contribution in [3.05, 3.63) is 113 Å². The Morgan fingerprint density at radius 1 is 0.525 bits per heavy atom. The molecule has 2 aliphatic heterocycles. The number of para-hydroxylation sites is 2. The van der Waals surface area contributed by atoms with Gasteiger partial charge in [-0.15, -0.1) is 0 Å². The van der Waals surface area contributed by atoms with Crippen LogP contribution in [0.4, 0.5) is 0 Å². The molecule has 0 unspecified atom stereocenters. The lowest BCUT2D eigenvalue weighted by Crippen LogP contribution is -2.55. The lowest BCUT2D eigenvalue weighted by molar-refractivity contribution is 0.332. The van der Waals surface area contributed by atoms with Gasteiger partial charge in [0.05, 0.1) is 10.9 Å². The number of aromatic nitrogens is 2. The monoisotopic (exact) mass is 766 g/mol. The van der Waals surface area contributed by atoms with Crippen LogP contribution >= 0.6 is 0 Å². The van der Waals surface area contributed by atoms with Crippen molar-refractivity contribution in [1.29, 1.82) is 0 Å². The first kappa shape index (κ1) is 33.2. The topological polar surface area (TPSA) is 36.1 Å². The first-order valence-electron chi connectivity index (χ1n) is 21.9. The fraction of sp³-hybridized carbons (Fsp3) is 0.296. The summed E-state index contributed by atoms with van der Waals surface area (Å²) in [5, 5.41) is 8.67. The zero-order valence-corrected chi connectivity index (χ0v) is 35.3. The molecule has 6 aromatic carbocycles. The molecule has 0 saturated carbocycles. The molecule has 2 aliphatic carbocycles. The highest BCUT2D eigenvalue weighted by molar-refractivity contribution is 6.90. The van der Waals surface area contributed by atoms with Crippen LogP contribution in [0, 0.1) is 0 Å². The van der Waals surface area contributed by atoms with Gasteiger partial charge >= 0.3 is 6.85 Å². The number of rotatable bonds is 0. The number of hydrogen-bond acceptors (Lipinski definition) is 2. The maximum absolute atomic E-state index is 7.29. The average molecular weight is 767 g/mol. The molecule has 0 fully saturated rings. The number of furan rings is 2. The number of benzene rings is 6. The van der Waals surface area contributed by atoms with Gasteiger partial charge in [-0.05, 0) is 133 Å². The molecular formula is C54H47BN2O2. The molecule has 0 atom stereocenters. The lowest BCUT2D eigenvalue weighted by Gasteiger charge is -2.41. The van der Waals surface area contributed by atoms with E-state index in [1.807, 2.05) is 0 Å².